The Morgan fingerprint density at radius 2 is 2.04 bits per heavy atom. The Morgan fingerprint density at radius 1 is 1.13 bits per heavy atom. The van der Waals surface area contributed by atoms with Crippen LogP contribution in [0.15, 0.2) is 59.5 Å². The van der Waals surface area contributed by atoms with E-state index in [2.05, 4.69) is 54.5 Å². The van der Waals surface area contributed by atoms with Crippen LogP contribution in [0.1, 0.15) is 11.1 Å². The van der Waals surface area contributed by atoms with Gasteiger partial charge < -0.3 is 10.6 Å². The second-order valence-electron chi connectivity index (χ2n) is 5.07. The van der Waals surface area contributed by atoms with E-state index in [0.717, 1.165) is 21.5 Å². The van der Waals surface area contributed by atoms with Crippen molar-refractivity contribution < 1.29 is 0 Å². The molecule has 0 fully saturated rings. The molecule has 2 heterocycles. The zero-order valence-corrected chi connectivity index (χ0v) is 14.2. The molecule has 6 heteroatoms. The Bertz CT molecular complexity index is 792. The van der Waals surface area contributed by atoms with Crippen molar-refractivity contribution in [3.8, 4) is 0 Å². The van der Waals surface area contributed by atoms with E-state index in [9.17, 15) is 0 Å². The fourth-order valence-corrected chi connectivity index (χ4v) is 2.31. The summed E-state index contributed by atoms with van der Waals surface area (Å²) in [6.45, 7) is 2.69. The summed E-state index contributed by atoms with van der Waals surface area (Å²) in [6.07, 6.45) is 5.30. The summed E-state index contributed by atoms with van der Waals surface area (Å²) >= 11 is 3.50. The summed E-state index contributed by atoms with van der Waals surface area (Å²) in [4.78, 5) is 12.8. The summed E-state index contributed by atoms with van der Waals surface area (Å²) in [5.41, 5.74) is 3.24. The zero-order valence-electron chi connectivity index (χ0n) is 12.6. The van der Waals surface area contributed by atoms with Crippen LogP contribution in [0.3, 0.4) is 0 Å². The number of pyridine rings is 1. The maximum atomic E-state index is 4.47. The van der Waals surface area contributed by atoms with Gasteiger partial charge in [-0.3, -0.25) is 4.98 Å². The highest BCUT2D eigenvalue weighted by atomic mass is 79.9. The quantitative estimate of drug-likeness (QED) is 0.701. The Balaban J connectivity index is 1.68. The average molecular weight is 370 g/mol. The number of hydrogen-bond donors (Lipinski definition) is 2. The second-order valence-corrected chi connectivity index (χ2v) is 5.92. The third-order valence-corrected chi connectivity index (χ3v) is 4.15. The first-order valence-corrected chi connectivity index (χ1v) is 7.99. The van der Waals surface area contributed by atoms with E-state index in [4.69, 9.17) is 0 Å². The molecule has 0 unspecified atom stereocenters. The highest BCUT2D eigenvalue weighted by Crippen LogP contribution is 2.22. The molecule has 0 aliphatic carbocycles. The van der Waals surface area contributed by atoms with Gasteiger partial charge in [-0.05, 0) is 48.4 Å². The lowest BCUT2D eigenvalue weighted by atomic mass is 10.2. The van der Waals surface area contributed by atoms with E-state index in [1.54, 1.807) is 12.4 Å². The minimum Gasteiger partial charge on any atom is -0.350 e. The first-order valence-electron chi connectivity index (χ1n) is 7.20. The average Bonchev–Trinajstić information content (AvgIpc) is 2.58. The second kappa shape index (κ2) is 7.19. The molecule has 0 amide bonds. The van der Waals surface area contributed by atoms with Crippen LogP contribution in [0.4, 0.5) is 17.5 Å². The van der Waals surface area contributed by atoms with Crippen LogP contribution in [-0.4, -0.2) is 15.0 Å². The predicted octanol–water partition coefficient (Wildman–Crippen LogP) is 4.30. The number of hydrogen-bond acceptors (Lipinski definition) is 5. The van der Waals surface area contributed by atoms with Gasteiger partial charge >= 0.3 is 0 Å². The van der Waals surface area contributed by atoms with Gasteiger partial charge in [0.05, 0.1) is 0 Å². The molecule has 0 spiro atoms. The van der Waals surface area contributed by atoms with Crippen LogP contribution in [0.5, 0.6) is 0 Å². The lowest BCUT2D eigenvalue weighted by Crippen LogP contribution is -2.05. The van der Waals surface area contributed by atoms with Gasteiger partial charge in [0, 0.05) is 35.3 Å². The Labute approximate surface area is 143 Å². The number of anilines is 3. The summed E-state index contributed by atoms with van der Waals surface area (Å²) in [6, 6.07) is 11.8. The lowest BCUT2D eigenvalue weighted by Gasteiger charge is -2.09. The third kappa shape index (κ3) is 4.26. The van der Waals surface area contributed by atoms with Crippen LogP contribution >= 0.6 is 15.9 Å². The molecule has 3 aromatic rings. The van der Waals surface area contributed by atoms with Gasteiger partial charge in [0.15, 0.2) is 0 Å². The number of nitrogens with one attached hydrogen (secondary N) is 2. The van der Waals surface area contributed by atoms with Gasteiger partial charge in [0.25, 0.3) is 0 Å². The molecular weight excluding hydrogens is 354 g/mol. The largest absolute Gasteiger partial charge is 0.350 e. The number of aromatic nitrogens is 3. The van der Waals surface area contributed by atoms with Crippen molar-refractivity contribution in [2.75, 3.05) is 10.6 Å². The highest BCUT2D eigenvalue weighted by Gasteiger charge is 2.02. The lowest BCUT2D eigenvalue weighted by molar-refractivity contribution is 1.04. The van der Waals surface area contributed by atoms with Crippen LogP contribution in [0.2, 0.25) is 0 Å². The van der Waals surface area contributed by atoms with Crippen LogP contribution in [0, 0.1) is 6.92 Å². The maximum Gasteiger partial charge on any atom is 0.224 e. The molecule has 0 saturated heterocycles. The molecule has 0 aliphatic rings. The minimum absolute atomic E-state index is 0.577. The van der Waals surface area contributed by atoms with Crippen LogP contribution < -0.4 is 10.6 Å². The number of benzene rings is 1. The first kappa shape index (κ1) is 15.4. The monoisotopic (exact) mass is 369 g/mol. The molecule has 0 atom stereocenters. The SMILES string of the molecule is Cc1cc(Nc2ccnc(NCc3cccnc3)n2)ccc1Br. The van der Waals surface area contributed by atoms with Gasteiger partial charge in [-0.2, -0.15) is 4.98 Å². The Kier molecular flexibility index (Phi) is 4.83. The van der Waals surface area contributed by atoms with Crippen molar-refractivity contribution >= 4 is 33.4 Å². The summed E-state index contributed by atoms with van der Waals surface area (Å²) in [5, 5.41) is 6.48. The van der Waals surface area contributed by atoms with Gasteiger partial charge in [-0.25, -0.2) is 4.98 Å². The number of rotatable bonds is 5. The minimum atomic E-state index is 0.577. The molecular formula is C17H16BrN5. The third-order valence-electron chi connectivity index (χ3n) is 3.26. The standard InChI is InChI=1S/C17H16BrN5/c1-12-9-14(4-5-15(12)18)22-16-6-8-20-17(23-16)21-11-13-3-2-7-19-10-13/h2-10H,11H2,1H3,(H2,20,21,22,23). The van der Waals surface area contributed by atoms with Crippen molar-refractivity contribution in [2.24, 2.45) is 0 Å². The number of aryl methyl sites for hydroxylation is 1. The van der Waals surface area contributed by atoms with E-state index in [1.165, 1.54) is 5.56 Å². The molecule has 0 radical (unpaired) electrons. The summed E-state index contributed by atoms with van der Waals surface area (Å²) in [5.74, 6) is 1.32. The van der Waals surface area contributed by atoms with Gasteiger partial charge in [0.2, 0.25) is 5.95 Å². The molecule has 23 heavy (non-hydrogen) atoms. The molecule has 116 valence electrons. The van der Waals surface area contributed by atoms with E-state index in [0.29, 0.717) is 12.5 Å². The van der Waals surface area contributed by atoms with Crippen LogP contribution in [-0.2, 0) is 6.54 Å². The topological polar surface area (TPSA) is 62.7 Å². The van der Waals surface area contributed by atoms with Crippen molar-refractivity contribution in [3.05, 3.63) is 70.6 Å². The molecule has 0 saturated carbocycles. The highest BCUT2D eigenvalue weighted by molar-refractivity contribution is 9.10. The Hall–Kier alpha value is -2.47. The van der Waals surface area contributed by atoms with Gasteiger partial charge in [-0.15, -0.1) is 0 Å². The van der Waals surface area contributed by atoms with E-state index in [-0.39, 0.29) is 0 Å². The van der Waals surface area contributed by atoms with Crippen molar-refractivity contribution in [1.29, 1.82) is 0 Å². The molecule has 2 N–H and O–H groups in total. The Morgan fingerprint density at radius 3 is 2.83 bits per heavy atom. The molecule has 2 aromatic heterocycles. The van der Waals surface area contributed by atoms with Crippen LogP contribution in [0.25, 0.3) is 0 Å². The van der Waals surface area contributed by atoms with Gasteiger partial charge in [-0.1, -0.05) is 22.0 Å². The number of halogens is 1. The number of nitrogens with zero attached hydrogens (tertiary/aromatic N) is 3. The molecule has 5 nitrogen and oxygen atoms in total. The summed E-state index contributed by atoms with van der Waals surface area (Å²) < 4.78 is 1.09. The van der Waals surface area contributed by atoms with Crippen molar-refractivity contribution in [2.45, 2.75) is 13.5 Å². The first-order chi connectivity index (χ1) is 11.2. The predicted molar refractivity (Wildman–Crippen MR) is 95.8 cm³/mol. The molecule has 0 aliphatic heterocycles. The van der Waals surface area contributed by atoms with Gasteiger partial charge in [0.1, 0.15) is 5.82 Å². The molecule has 1 aromatic carbocycles. The van der Waals surface area contributed by atoms with E-state index >= 15 is 0 Å². The fourth-order valence-electron chi connectivity index (χ4n) is 2.07. The summed E-state index contributed by atoms with van der Waals surface area (Å²) in [7, 11) is 0. The molecule has 0 bridgehead atoms. The van der Waals surface area contributed by atoms with E-state index in [1.807, 2.05) is 36.5 Å². The van der Waals surface area contributed by atoms with Crippen molar-refractivity contribution in [3.63, 3.8) is 0 Å². The van der Waals surface area contributed by atoms with Crippen molar-refractivity contribution in [1.82, 2.24) is 15.0 Å². The zero-order chi connectivity index (χ0) is 16.1. The molecule has 3 rings (SSSR count). The smallest absolute Gasteiger partial charge is 0.224 e. The fraction of sp³-hybridized carbons (Fsp3) is 0.118. The normalized spacial score (nSPS) is 10.3. The van der Waals surface area contributed by atoms with E-state index < -0.39 is 0 Å². The maximum absolute atomic E-state index is 4.47.